The Kier molecular flexibility index (Phi) is 4.30. The van der Waals surface area contributed by atoms with E-state index in [2.05, 4.69) is 35.3 Å². The van der Waals surface area contributed by atoms with Crippen molar-refractivity contribution in [2.75, 3.05) is 5.32 Å². The second-order valence-electron chi connectivity index (χ2n) is 6.10. The maximum Gasteiger partial charge on any atom is 0.157 e. The van der Waals surface area contributed by atoms with Crippen molar-refractivity contribution in [1.29, 1.82) is 0 Å². The van der Waals surface area contributed by atoms with Gasteiger partial charge < -0.3 is 10.4 Å². The Hall–Kier alpha value is -2.40. The molecule has 3 rings (SSSR count). The van der Waals surface area contributed by atoms with Crippen molar-refractivity contribution < 1.29 is 5.11 Å². The zero-order valence-corrected chi connectivity index (χ0v) is 13.7. The van der Waals surface area contributed by atoms with Gasteiger partial charge in [0.15, 0.2) is 5.65 Å². The molecule has 5 nitrogen and oxygen atoms in total. The molecule has 0 spiro atoms. The molecule has 0 radical (unpaired) electrons. The molecular weight excluding hydrogens is 288 g/mol. The van der Waals surface area contributed by atoms with E-state index in [1.807, 2.05) is 41.8 Å². The second-order valence-corrected chi connectivity index (χ2v) is 6.10. The van der Waals surface area contributed by atoms with Crippen LogP contribution in [0.15, 0.2) is 36.4 Å². The van der Waals surface area contributed by atoms with E-state index >= 15 is 0 Å². The van der Waals surface area contributed by atoms with E-state index < -0.39 is 0 Å². The lowest BCUT2D eigenvalue weighted by molar-refractivity contribution is 0.282. The van der Waals surface area contributed by atoms with E-state index in [4.69, 9.17) is 5.11 Å². The number of aromatic nitrogens is 3. The van der Waals surface area contributed by atoms with Gasteiger partial charge in [-0.25, -0.2) is 4.98 Å². The van der Waals surface area contributed by atoms with Crippen molar-refractivity contribution in [1.82, 2.24) is 14.6 Å². The number of fused-ring (bicyclic) bond motifs is 1. The van der Waals surface area contributed by atoms with E-state index in [0.29, 0.717) is 12.5 Å². The number of aryl methyl sites for hydroxylation is 1. The van der Waals surface area contributed by atoms with Crippen LogP contribution in [0.5, 0.6) is 0 Å². The topological polar surface area (TPSA) is 62.5 Å². The average molecular weight is 310 g/mol. The van der Waals surface area contributed by atoms with Crippen LogP contribution >= 0.6 is 0 Å². The summed E-state index contributed by atoms with van der Waals surface area (Å²) in [6.07, 6.45) is 0. The maximum atomic E-state index is 9.11. The number of nitrogens with one attached hydrogen (secondary N) is 1. The summed E-state index contributed by atoms with van der Waals surface area (Å²) in [4.78, 5) is 4.67. The molecule has 2 heterocycles. The van der Waals surface area contributed by atoms with Crippen LogP contribution in [0.2, 0.25) is 0 Å². The Morgan fingerprint density at radius 1 is 1.13 bits per heavy atom. The fourth-order valence-corrected chi connectivity index (χ4v) is 2.49. The lowest BCUT2D eigenvalue weighted by Gasteiger charge is -2.12. The molecule has 3 aromatic rings. The average Bonchev–Trinajstić information content (AvgIpc) is 2.93. The summed E-state index contributed by atoms with van der Waals surface area (Å²) in [7, 11) is 0. The molecular formula is C18H22N4O. The Morgan fingerprint density at radius 2 is 1.83 bits per heavy atom. The quantitative estimate of drug-likeness (QED) is 0.759. The van der Waals surface area contributed by atoms with Crippen molar-refractivity contribution >= 4 is 11.5 Å². The molecule has 0 bridgehead atoms. The van der Waals surface area contributed by atoms with Crippen LogP contribution in [0, 0.1) is 6.92 Å². The van der Waals surface area contributed by atoms with Crippen molar-refractivity contribution in [2.24, 2.45) is 0 Å². The minimum atomic E-state index is 0.0724. The fraction of sp³-hybridized carbons (Fsp3) is 0.333. The van der Waals surface area contributed by atoms with Crippen molar-refractivity contribution in [2.45, 2.75) is 39.8 Å². The molecule has 1 aromatic carbocycles. The Labute approximate surface area is 136 Å². The van der Waals surface area contributed by atoms with Crippen LogP contribution in [0.3, 0.4) is 0 Å². The largest absolute Gasteiger partial charge is 0.392 e. The summed E-state index contributed by atoms with van der Waals surface area (Å²) in [5.74, 6) is 1.30. The molecule has 23 heavy (non-hydrogen) atoms. The monoisotopic (exact) mass is 310 g/mol. The number of hydrogen-bond acceptors (Lipinski definition) is 4. The van der Waals surface area contributed by atoms with E-state index in [9.17, 15) is 0 Å². The van der Waals surface area contributed by atoms with E-state index in [0.717, 1.165) is 34.0 Å². The predicted octanol–water partition coefficient (Wildman–Crippen LogP) is 3.27. The summed E-state index contributed by atoms with van der Waals surface area (Å²) >= 11 is 0. The van der Waals surface area contributed by atoms with Gasteiger partial charge in [-0.3, -0.25) is 0 Å². The zero-order valence-electron chi connectivity index (χ0n) is 13.7. The minimum absolute atomic E-state index is 0.0724. The van der Waals surface area contributed by atoms with Gasteiger partial charge >= 0.3 is 0 Å². The fourth-order valence-electron chi connectivity index (χ4n) is 2.49. The third-order valence-corrected chi connectivity index (χ3v) is 3.84. The lowest BCUT2D eigenvalue weighted by atomic mass is 10.1. The summed E-state index contributed by atoms with van der Waals surface area (Å²) < 4.78 is 1.85. The first kappa shape index (κ1) is 15.5. The molecule has 0 unspecified atom stereocenters. The molecule has 2 aromatic heterocycles. The smallest absolute Gasteiger partial charge is 0.157 e. The summed E-state index contributed by atoms with van der Waals surface area (Å²) in [5.41, 5.74) is 4.95. The van der Waals surface area contributed by atoms with E-state index in [1.165, 1.54) is 0 Å². The molecule has 2 N–H and O–H groups in total. The van der Waals surface area contributed by atoms with Gasteiger partial charge in [-0.15, -0.1) is 0 Å². The maximum absolute atomic E-state index is 9.11. The highest BCUT2D eigenvalue weighted by Crippen LogP contribution is 2.20. The molecule has 0 saturated carbocycles. The van der Waals surface area contributed by atoms with Crippen LogP contribution in [-0.2, 0) is 13.2 Å². The molecule has 5 heteroatoms. The zero-order chi connectivity index (χ0) is 16.4. The van der Waals surface area contributed by atoms with Gasteiger partial charge in [0.2, 0.25) is 0 Å². The highest BCUT2D eigenvalue weighted by Gasteiger charge is 2.10. The Bertz CT molecular complexity index is 806. The highest BCUT2D eigenvalue weighted by atomic mass is 16.3. The standard InChI is InChI=1S/C18H22N4O/c1-12(2)16-9-17(22-18(20-16)8-13(3)21-22)19-10-14-4-6-15(11-23)7-5-14/h4-9,12,19,23H,10-11H2,1-3H3. The van der Waals surface area contributed by atoms with Crippen molar-refractivity contribution in [3.8, 4) is 0 Å². The van der Waals surface area contributed by atoms with Crippen LogP contribution in [-0.4, -0.2) is 19.7 Å². The number of rotatable bonds is 5. The summed E-state index contributed by atoms with van der Waals surface area (Å²) in [5, 5.41) is 17.1. The van der Waals surface area contributed by atoms with E-state index in [1.54, 1.807) is 0 Å². The first-order valence-corrected chi connectivity index (χ1v) is 7.86. The van der Waals surface area contributed by atoms with Gasteiger partial charge in [-0.2, -0.15) is 9.61 Å². The van der Waals surface area contributed by atoms with Gasteiger partial charge in [-0.05, 0) is 24.0 Å². The van der Waals surface area contributed by atoms with Gasteiger partial charge in [0.05, 0.1) is 12.3 Å². The van der Waals surface area contributed by atoms with Crippen LogP contribution < -0.4 is 5.32 Å². The second kappa shape index (κ2) is 6.38. The Morgan fingerprint density at radius 3 is 2.48 bits per heavy atom. The summed E-state index contributed by atoms with van der Waals surface area (Å²) in [6, 6.07) is 12.0. The number of nitrogens with zero attached hydrogens (tertiary/aromatic N) is 3. The van der Waals surface area contributed by atoms with Crippen molar-refractivity contribution in [3.05, 3.63) is 58.9 Å². The van der Waals surface area contributed by atoms with E-state index in [-0.39, 0.29) is 6.61 Å². The van der Waals surface area contributed by atoms with Crippen LogP contribution in [0.4, 0.5) is 5.82 Å². The molecule has 0 aliphatic rings. The van der Waals surface area contributed by atoms with Gasteiger partial charge in [0.1, 0.15) is 5.82 Å². The SMILES string of the molecule is Cc1cc2nc(C(C)C)cc(NCc3ccc(CO)cc3)n2n1. The third-order valence-electron chi connectivity index (χ3n) is 3.84. The third kappa shape index (κ3) is 3.35. The van der Waals surface area contributed by atoms with Gasteiger partial charge in [0.25, 0.3) is 0 Å². The molecule has 0 aliphatic heterocycles. The van der Waals surface area contributed by atoms with Gasteiger partial charge in [0, 0.05) is 24.4 Å². The Balaban J connectivity index is 1.88. The first-order chi connectivity index (χ1) is 11.1. The molecule has 0 atom stereocenters. The molecule has 0 saturated heterocycles. The highest BCUT2D eigenvalue weighted by molar-refractivity contribution is 5.51. The number of aliphatic hydroxyl groups is 1. The normalized spacial score (nSPS) is 11.3. The minimum Gasteiger partial charge on any atom is -0.392 e. The number of aliphatic hydroxyl groups excluding tert-OH is 1. The van der Waals surface area contributed by atoms with Crippen molar-refractivity contribution in [3.63, 3.8) is 0 Å². The summed E-state index contributed by atoms with van der Waals surface area (Å²) in [6.45, 7) is 7.02. The number of benzene rings is 1. The number of anilines is 1. The van der Waals surface area contributed by atoms with Gasteiger partial charge in [-0.1, -0.05) is 38.1 Å². The predicted molar refractivity (Wildman–Crippen MR) is 91.5 cm³/mol. The lowest BCUT2D eigenvalue weighted by Crippen LogP contribution is -2.08. The van der Waals surface area contributed by atoms with Crippen LogP contribution in [0.1, 0.15) is 42.3 Å². The first-order valence-electron chi connectivity index (χ1n) is 7.86. The molecule has 120 valence electrons. The molecule has 0 amide bonds. The molecule has 0 aliphatic carbocycles. The van der Waals surface area contributed by atoms with Crippen LogP contribution in [0.25, 0.3) is 5.65 Å². The molecule has 0 fully saturated rings. The number of hydrogen-bond donors (Lipinski definition) is 2.